The quantitative estimate of drug-likeness (QED) is 0.384. The Labute approximate surface area is 200 Å². The lowest BCUT2D eigenvalue weighted by atomic mass is 10.1. The predicted molar refractivity (Wildman–Crippen MR) is 129 cm³/mol. The van der Waals surface area contributed by atoms with Gasteiger partial charge in [0.05, 0.1) is 54.7 Å². The maximum Gasteiger partial charge on any atom is 0.240 e. The summed E-state index contributed by atoms with van der Waals surface area (Å²) in [6, 6.07) is 8.86. The smallest absolute Gasteiger partial charge is 0.240 e. The van der Waals surface area contributed by atoms with Crippen molar-refractivity contribution in [1.29, 1.82) is 0 Å². The van der Waals surface area contributed by atoms with Gasteiger partial charge in [0.25, 0.3) is 0 Å². The number of aryl methyl sites for hydroxylation is 1. The minimum atomic E-state index is -3.53. The first kappa shape index (κ1) is 21.5. The fourth-order valence-electron chi connectivity index (χ4n) is 4.05. The molecule has 1 N–H and O–H groups in total. The molecule has 1 aliphatic rings. The van der Waals surface area contributed by atoms with Crippen LogP contribution in [0.2, 0.25) is 0 Å². The summed E-state index contributed by atoms with van der Waals surface area (Å²) in [5, 5.41) is 9.41. The largest absolute Gasteiger partial charge is 0.494 e. The molecule has 5 aromatic rings. The van der Waals surface area contributed by atoms with Crippen molar-refractivity contribution in [2.24, 2.45) is 0 Å². The van der Waals surface area contributed by atoms with E-state index in [0.717, 1.165) is 22.2 Å². The molecule has 1 aromatic carbocycles. The number of hydrogen-bond donors (Lipinski definition) is 1. The van der Waals surface area contributed by atoms with Crippen LogP contribution in [-0.4, -0.2) is 63.4 Å². The lowest BCUT2D eigenvalue weighted by molar-refractivity contribution is 0.0418. The fraction of sp³-hybridized carbons (Fsp3) is 0.217. The van der Waals surface area contributed by atoms with Gasteiger partial charge in [-0.2, -0.15) is 10.2 Å². The minimum absolute atomic E-state index is 0.196. The number of nitrogens with zero attached hydrogens (tertiary/aromatic N) is 6. The molecular weight excluding hydrogens is 470 g/mol. The van der Waals surface area contributed by atoms with E-state index in [1.807, 2.05) is 25.3 Å². The van der Waals surface area contributed by atoms with Crippen molar-refractivity contribution in [1.82, 2.24) is 29.4 Å². The minimum Gasteiger partial charge on any atom is -0.494 e. The Morgan fingerprint density at radius 1 is 1.17 bits per heavy atom. The van der Waals surface area contributed by atoms with Gasteiger partial charge in [-0.1, -0.05) is 0 Å². The molecule has 0 unspecified atom stereocenters. The van der Waals surface area contributed by atoms with Gasteiger partial charge in [0.2, 0.25) is 10.0 Å². The van der Waals surface area contributed by atoms with E-state index in [1.165, 1.54) is 7.11 Å². The first-order chi connectivity index (χ1) is 16.9. The van der Waals surface area contributed by atoms with Crippen LogP contribution in [0.1, 0.15) is 5.69 Å². The summed E-state index contributed by atoms with van der Waals surface area (Å²) in [4.78, 5) is 9.06. The summed E-state index contributed by atoms with van der Waals surface area (Å²) in [5.74, 6) is 0.468. The van der Waals surface area contributed by atoms with Gasteiger partial charge in [-0.05, 0) is 31.2 Å². The first-order valence-corrected chi connectivity index (χ1v) is 12.4. The van der Waals surface area contributed by atoms with Gasteiger partial charge in [-0.25, -0.2) is 22.6 Å². The van der Waals surface area contributed by atoms with E-state index in [4.69, 9.17) is 14.6 Å². The highest BCUT2D eigenvalue weighted by molar-refractivity contribution is 7.93. The molecule has 5 heterocycles. The van der Waals surface area contributed by atoms with Crippen molar-refractivity contribution >= 4 is 32.3 Å². The Hall–Kier alpha value is -4.03. The molecule has 0 bridgehead atoms. The third-order valence-electron chi connectivity index (χ3n) is 6.02. The van der Waals surface area contributed by atoms with Crippen LogP contribution < -0.4 is 9.46 Å². The Bertz CT molecular complexity index is 1690. The summed E-state index contributed by atoms with van der Waals surface area (Å²) in [6.07, 6.45) is 7.06. The highest BCUT2D eigenvalue weighted by Crippen LogP contribution is 2.33. The van der Waals surface area contributed by atoms with Gasteiger partial charge in [-0.3, -0.25) is 9.71 Å². The van der Waals surface area contributed by atoms with Crippen LogP contribution in [0.25, 0.3) is 33.5 Å². The van der Waals surface area contributed by atoms with E-state index in [1.54, 1.807) is 46.0 Å². The number of methoxy groups -OCH3 is 1. The third kappa shape index (κ3) is 3.58. The van der Waals surface area contributed by atoms with Crippen LogP contribution in [0, 0.1) is 6.92 Å². The maximum absolute atomic E-state index is 12.5. The van der Waals surface area contributed by atoms with Gasteiger partial charge < -0.3 is 9.47 Å². The van der Waals surface area contributed by atoms with Crippen molar-refractivity contribution in [3.63, 3.8) is 0 Å². The number of rotatable bonds is 6. The first-order valence-electron chi connectivity index (χ1n) is 10.9. The molecule has 1 fully saturated rings. The van der Waals surface area contributed by atoms with Crippen molar-refractivity contribution < 1.29 is 17.9 Å². The molecule has 0 saturated carbocycles. The molecule has 11 nitrogen and oxygen atoms in total. The lowest BCUT2D eigenvalue weighted by Crippen LogP contribution is -2.43. The zero-order valence-corrected chi connectivity index (χ0v) is 19.7. The van der Waals surface area contributed by atoms with E-state index < -0.39 is 15.3 Å². The highest BCUT2D eigenvalue weighted by atomic mass is 32.2. The Balaban J connectivity index is 1.44. The molecule has 0 aliphatic carbocycles. The maximum atomic E-state index is 12.5. The normalized spacial score (nSPS) is 14.3. The number of fused-ring (bicyclic) bond motifs is 2. The van der Waals surface area contributed by atoms with Gasteiger partial charge in [0, 0.05) is 30.0 Å². The molecule has 12 heteroatoms. The van der Waals surface area contributed by atoms with Gasteiger partial charge in [-0.15, -0.1) is 0 Å². The van der Waals surface area contributed by atoms with Crippen LogP contribution in [0.15, 0.2) is 55.1 Å². The summed E-state index contributed by atoms with van der Waals surface area (Å²) < 4.78 is 41.7. The van der Waals surface area contributed by atoms with Crippen molar-refractivity contribution in [3.8, 4) is 22.7 Å². The number of ether oxygens (including phenoxy) is 2. The number of benzene rings is 1. The highest BCUT2D eigenvalue weighted by Gasteiger charge is 2.32. The Kier molecular flexibility index (Phi) is 4.93. The van der Waals surface area contributed by atoms with E-state index in [0.29, 0.717) is 28.5 Å². The second-order valence-electron chi connectivity index (χ2n) is 8.22. The summed E-state index contributed by atoms with van der Waals surface area (Å²) in [6.45, 7) is 2.30. The third-order valence-corrected chi connectivity index (χ3v) is 7.69. The van der Waals surface area contributed by atoms with Crippen LogP contribution >= 0.6 is 0 Å². The van der Waals surface area contributed by atoms with Crippen molar-refractivity contribution in [3.05, 3.63) is 60.8 Å². The van der Waals surface area contributed by atoms with Crippen LogP contribution in [-0.2, 0) is 14.8 Å². The second kappa shape index (κ2) is 8.03. The number of nitrogens with one attached hydrogen (secondary N) is 1. The van der Waals surface area contributed by atoms with Crippen LogP contribution in [0.4, 0.5) is 5.69 Å². The fourth-order valence-corrected chi connectivity index (χ4v) is 5.23. The molecule has 35 heavy (non-hydrogen) atoms. The van der Waals surface area contributed by atoms with Crippen LogP contribution in [0.5, 0.6) is 5.75 Å². The molecule has 4 aromatic heterocycles. The van der Waals surface area contributed by atoms with Crippen molar-refractivity contribution in [2.45, 2.75) is 12.2 Å². The van der Waals surface area contributed by atoms with Crippen LogP contribution in [0.3, 0.4) is 0 Å². The molecule has 0 amide bonds. The number of anilines is 1. The van der Waals surface area contributed by atoms with Gasteiger partial charge >= 0.3 is 0 Å². The Morgan fingerprint density at radius 3 is 2.80 bits per heavy atom. The molecule has 6 rings (SSSR count). The molecule has 178 valence electrons. The Morgan fingerprint density at radius 2 is 2.03 bits per heavy atom. The molecule has 0 radical (unpaired) electrons. The van der Waals surface area contributed by atoms with Gasteiger partial charge in [0.15, 0.2) is 5.65 Å². The van der Waals surface area contributed by atoms with Gasteiger partial charge in [0.1, 0.15) is 16.7 Å². The monoisotopic (exact) mass is 491 g/mol. The molecule has 1 saturated heterocycles. The number of pyridine rings is 1. The topological polar surface area (TPSA) is 126 Å². The molecule has 0 spiro atoms. The molecular formula is C23H21N7O4S. The summed E-state index contributed by atoms with van der Waals surface area (Å²) >= 11 is 0. The summed E-state index contributed by atoms with van der Waals surface area (Å²) in [7, 11) is -2.00. The SMILES string of the molecule is COc1cc(NS(=O)(=O)C2COC2)ccc1-n1nc(C)c2cnc(-c3cnn4cccnc34)cc21. The number of aromatic nitrogens is 6. The standard InChI is InChI=1S/C23H21N7O4S/c1-14-17-10-25-19(18-11-26-29-7-3-6-24-23(18)29)9-21(17)30(27-14)20-5-4-15(8-22(20)33-2)28-35(31,32)16-12-34-13-16/h3-11,16,28H,12-13H2,1-2H3. The number of sulfonamides is 1. The predicted octanol–water partition coefficient (Wildman–Crippen LogP) is 2.59. The number of hydrogen-bond acceptors (Lipinski definition) is 8. The molecule has 0 atom stereocenters. The second-order valence-corrected chi connectivity index (χ2v) is 10.2. The van der Waals surface area contributed by atoms with E-state index in [-0.39, 0.29) is 13.2 Å². The van der Waals surface area contributed by atoms with E-state index in [2.05, 4.69) is 19.8 Å². The average Bonchev–Trinajstić information content (AvgIpc) is 3.38. The zero-order chi connectivity index (χ0) is 24.2. The zero-order valence-electron chi connectivity index (χ0n) is 18.9. The molecule has 1 aliphatic heterocycles. The summed E-state index contributed by atoms with van der Waals surface area (Å²) in [5.41, 5.74) is 4.90. The van der Waals surface area contributed by atoms with Crippen molar-refractivity contribution in [2.75, 3.05) is 25.0 Å². The lowest BCUT2D eigenvalue weighted by Gasteiger charge is -2.26. The average molecular weight is 492 g/mol. The van der Waals surface area contributed by atoms with E-state index in [9.17, 15) is 8.42 Å². The van der Waals surface area contributed by atoms with E-state index >= 15 is 0 Å².